The highest BCUT2D eigenvalue weighted by atomic mass is 35.5. The van der Waals surface area contributed by atoms with Crippen LogP contribution in [0.2, 0.25) is 5.15 Å². The van der Waals surface area contributed by atoms with E-state index in [1.165, 1.54) is 0 Å². The van der Waals surface area contributed by atoms with Gasteiger partial charge in [0.05, 0.1) is 5.56 Å². The van der Waals surface area contributed by atoms with Gasteiger partial charge in [-0.1, -0.05) is 17.7 Å². The minimum atomic E-state index is 0.313. The second-order valence-corrected chi connectivity index (χ2v) is 4.62. The summed E-state index contributed by atoms with van der Waals surface area (Å²) in [7, 11) is 0. The fraction of sp³-hybridized carbons (Fsp3) is 0.154. The van der Waals surface area contributed by atoms with Crippen LogP contribution in [0.1, 0.15) is 0 Å². The maximum atomic E-state index is 6.01. The van der Waals surface area contributed by atoms with Crippen molar-refractivity contribution in [2.24, 2.45) is 0 Å². The average molecular weight is 289 g/mol. The Labute approximate surface area is 118 Å². The Morgan fingerprint density at radius 2 is 2.05 bits per heavy atom. The van der Waals surface area contributed by atoms with Crippen LogP contribution in [0.3, 0.4) is 0 Å². The fourth-order valence-electron chi connectivity index (χ4n) is 2.23. The Balaban J connectivity index is 1.98. The number of para-hydroxylation sites is 1. The van der Waals surface area contributed by atoms with E-state index in [0.717, 1.165) is 5.56 Å². The Bertz CT molecular complexity index is 802. The summed E-state index contributed by atoms with van der Waals surface area (Å²) in [5, 5.41) is 8.57. The van der Waals surface area contributed by atoms with E-state index in [2.05, 4.69) is 15.2 Å². The summed E-state index contributed by atoms with van der Waals surface area (Å²) < 4.78 is 13.1. The van der Waals surface area contributed by atoms with Crippen molar-refractivity contribution < 1.29 is 9.47 Å². The molecule has 1 aromatic carbocycles. The van der Waals surface area contributed by atoms with Crippen molar-refractivity contribution in [1.82, 2.24) is 19.6 Å². The van der Waals surface area contributed by atoms with E-state index in [4.69, 9.17) is 21.1 Å². The number of halogens is 1. The summed E-state index contributed by atoms with van der Waals surface area (Å²) in [4.78, 5) is 3.99. The number of aromatic nitrogens is 4. The van der Waals surface area contributed by atoms with Crippen LogP contribution in [0.15, 0.2) is 30.6 Å². The maximum absolute atomic E-state index is 6.01. The summed E-state index contributed by atoms with van der Waals surface area (Å²) in [5.41, 5.74) is 1.33. The zero-order chi connectivity index (χ0) is 13.5. The lowest BCUT2D eigenvalue weighted by molar-refractivity contribution is 0.172. The van der Waals surface area contributed by atoms with Crippen LogP contribution in [0, 0.1) is 0 Å². The maximum Gasteiger partial charge on any atom is 0.198 e. The van der Waals surface area contributed by atoms with E-state index >= 15 is 0 Å². The van der Waals surface area contributed by atoms with E-state index in [1.807, 2.05) is 18.2 Å². The molecule has 0 amide bonds. The van der Waals surface area contributed by atoms with Gasteiger partial charge < -0.3 is 9.47 Å². The molecule has 0 unspecified atom stereocenters. The Morgan fingerprint density at radius 3 is 3.00 bits per heavy atom. The highest BCUT2D eigenvalue weighted by molar-refractivity contribution is 6.32. The van der Waals surface area contributed by atoms with Crippen LogP contribution in [0.25, 0.3) is 17.0 Å². The number of fused-ring (bicyclic) bond motifs is 2. The minimum absolute atomic E-state index is 0.313. The Morgan fingerprint density at radius 1 is 1.15 bits per heavy atom. The van der Waals surface area contributed by atoms with Gasteiger partial charge in [-0.05, 0) is 12.1 Å². The number of nitrogens with zero attached hydrogens (tertiary/aromatic N) is 4. The van der Waals surface area contributed by atoms with Crippen molar-refractivity contribution in [3.63, 3.8) is 0 Å². The van der Waals surface area contributed by atoms with Gasteiger partial charge in [0.15, 0.2) is 28.1 Å². The number of ether oxygens (including phenoxy) is 2. The Kier molecular flexibility index (Phi) is 2.50. The monoisotopic (exact) mass is 288 g/mol. The first-order chi connectivity index (χ1) is 9.84. The van der Waals surface area contributed by atoms with Crippen LogP contribution >= 0.6 is 11.6 Å². The SMILES string of the molecule is Clc1nccn2c(-c3cccc4c3OCCO4)nnc12. The van der Waals surface area contributed by atoms with E-state index in [9.17, 15) is 0 Å². The number of hydrogen-bond acceptors (Lipinski definition) is 5. The van der Waals surface area contributed by atoms with Crippen molar-refractivity contribution in [3.8, 4) is 22.9 Å². The lowest BCUT2D eigenvalue weighted by Crippen LogP contribution is -2.16. The van der Waals surface area contributed by atoms with E-state index in [-0.39, 0.29) is 0 Å². The van der Waals surface area contributed by atoms with Crippen molar-refractivity contribution in [2.75, 3.05) is 13.2 Å². The third-order valence-corrected chi connectivity index (χ3v) is 3.36. The molecule has 0 radical (unpaired) electrons. The summed E-state index contributed by atoms with van der Waals surface area (Å²) in [6, 6.07) is 5.68. The van der Waals surface area contributed by atoms with Crippen molar-refractivity contribution >= 4 is 17.2 Å². The second kappa shape index (κ2) is 4.35. The number of hydrogen-bond donors (Lipinski definition) is 0. The van der Waals surface area contributed by atoms with Gasteiger partial charge in [0.25, 0.3) is 0 Å². The summed E-state index contributed by atoms with van der Waals surface area (Å²) in [5.74, 6) is 2.04. The molecule has 0 fully saturated rings. The summed E-state index contributed by atoms with van der Waals surface area (Å²) in [6.07, 6.45) is 3.37. The topological polar surface area (TPSA) is 61.5 Å². The molecule has 1 aliphatic heterocycles. The first kappa shape index (κ1) is 11.5. The van der Waals surface area contributed by atoms with Gasteiger partial charge >= 0.3 is 0 Å². The van der Waals surface area contributed by atoms with Crippen LogP contribution in [0.4, 0.5) is 0 Å². The molecule has 100 valence electrons. The van der Waals surface area contributed by atoms with Crippen LogP contribution in [0.5, 0.6) is 11.5 Å². The molecular formula is C13H9ClN4O2. The minimum Gasteiger partial charge on any atom is -0.486 e. The van der Waals surface area contributed by atoms with Crippen LogP contribution < -0.4 is 9.47 Å². The average Bonchev–Trinajstić information content (AvgIpc) is 2.92. The van der Waals surface area contributed by atoms with Gasteiger partial charge in [-0.2, -0.15) is 0 Å². The zero-order valence-electron chi connectivity index (χ0n) is 10.3. The van der Waals surface area contributed by atoms with Gasteiger partial charge in [-0.25, -0.2) is 4.98 Å². The molecule has 3 aromatic rings. The molecule has 0 N–H and O–H groups in total. The second-order valence-electron chi connectivity index (χ2n) is 4.27. The molecular weight excluding hydrogens is 280 g/mol. The van der Waals surface area contributed by atoms with Gasteiger partial charge in [-0.15, -0.1) is 10.2 Å². The molecule has 0 spiro atoms. The van der Waals surface area contributed by atoms with Gasteiger partial charge in [0, 0.05) is 12.4 Å². The van der Waals surface area contributed by atoms with Gasteiger partial charge in [0.1, 0.15) is 13.2 Å². The molecule has 4 rings (SSSR count). The zero-order valence-corrected chi connectivity index (χ0v) is 11.0. The first-order valence-electron chi connectivity index (χ1n) is 6.09. The molecule has 0 saturated heterocycles. The molecule has 0 atom stereocenters. The van der Waals surface area contributed by atoms with E-state index < -0.39 is 0 Å². The standard InChI is InChI=1S/C13H9ClN4O2/c14-11-13-17-16-12(18(13)5-4-15-11)8-2-1-3-9-10(8)20-7-6-19-9/h1-5H,6-7H2. The molecule has 7 heteroatoms. The van der Waals surface area contributed by atoms with Gasteiger partial charge in [-0.3, -0.25) is 4.40 Å². The Hall–Kier alpha value is -2.34. The third kappa shape index (κ3) is 1.61. The smallest absolute Gasteiger partial charge is 0.198 e. The van der Waals surface area contributed by atoms with Crippen molar-refractivity contribution in [2.45, 2.75) is 0 Å². The largest absolute Gasteiger partial charge is 0.486 e. The molecule has 20 heavy (non-hydrogen) atoms. The van der Waals surface area contributed by atoms with Crippen LogP contribution in [-0.4, -0.2) is 32.8 Å². The van der Waals surface area contributed by atoms with E-state index in [0.29, 0.717) is 41.3 Å². The lowest BCUT2D eigenvalue weighted by atomic mass is 10.1. The highest BCUT2D eigenvalue weighted by Crippen LogP contribution is 2.39. The molecule has 2 aromatic heterocycles. The lowest BCUT2D eigenvalue weighted by Gasteiger charge is -2.20. The van der Waals surface area contributed by atoms with Crippen molar-refractivity contribution in [1.29, 1.82) is 0 Å². The third-order valence-electron chi connectivity index (χ3n) is 3.09. The van der Waals surface area contributed by atoms with Crippen LogP contribution in [-0.2, 0) is 0 Å². The normalized spacial score (nSPS) is 13.7. The number of rotatable bonds is 1. The molecule has 0 bridgehead atoms. The quantitative estimate of drug-likeness (QED) is 0.687. The first-order valence-corrected chi connectivity index (χ1v) is 6.46. The highest BCUT2D eigenvalue weighted by Gasteiger charge is 2.20. The fourth-order valence-corrected chi connectivity index (χ4v) is 2.42. The summed E-state index contributed by atoms with van der Waals surface area (Å²) in [6.45, 7) is 1.07. The number of benzene rings is 1. The molecule has 0 saturated carbocycles. The molecule has 1 aliphatic rings. The molecule has 3 heterocycles. The molecule has 6 nitrogen and oxygen atoms in total. The predicted molar refractivity (Wildman–Crippen MR) is 72.2 cm³/mol. The van der Waals surface area contributed by atoms with E-state index in [1.54, 1.807) is 16.8 Å². The summed E-state index contributed by atoms with van der Waals surface area (Å²) >= 11 is 6.01. The predicted octanol–water partition coefficient (Wildman–Crippen LogP) is 2.22. The molecule has 0 aliphatic carbocycles. The van der Waals surface area contributed by atoms with Gasteiger partial charge in [0.2, 0.25) is 0 Å². The van der Waals surface area contributed by atoms with Crippen molar-refractivity contribution in [3.05, 3.63) is 35.7 Å².